The van der Waals surface area contributed by atoms with Gasteiger partial charge in [0.2, 0.25) is 0 Å². The Hall–Kier alpha value is -2.77. The van der Waals surface area contributed by atoms with Crippen LogP contribution in [-0.2, 0) is 13.2 Å². The van der Waals surface area contributed by atoms with E-state index in [1.165, 1.54) is 12.4 Å². The van der Waals surface area contributed by atoms with Gasteiger partial charge in [0.1, 0.15) is 11.5 Å². The standard InChI is InChI=1S/C19H23N3O4/c1-5-15(17-14(9-24)7-21-12(4)19(17)26)22-10(2)16-13(8-23)6-20-11(3)18(16)25/h5-7,23-26H,8-9H2,1-4H3/b15-5-,22-10?. The molecule has 26 heavy (non-hydrogen) atoms. The minimum Gasteiger partial charge on any atom is -0.505 e. The maximum Gasteiger partial charge on any atom is 0.146 e. The maximum atomic E-state index is 10.4. The van der Waals surface area contributed by atoms with Crippen molar-refractivity contribution in [2.45, 2.75) is 40.9 Å². The molecule has 0 aliphatic carbocycles. The van der Waals surface area contributed by atoms with Gasteiger partial charge in [0, 0.05) is 34.8 Å². The minimum absolute atomic E-state index is 0.0502. The number of nitrogens with zero attached hydrogens (tertiary/aromatic N) is 3. The Morgan fingerprint density at radius 1 is 0.962 bits per heavy atom. The molecule has 0 unspecified atom stereocenters. The van der Waals surface area contributed by atoms with E-state index in [4.69, 9.17) is 0 Å². The number of aromatic hydroxyl groups is 2. The van der Waals surface area contributed by atoms with Crippen molar-refractivity contribution in [3.05, 3.63) is 52.1 Å². The van der Waals surface area contributed by atoms with E-state index in [9.17, 15) is 20.4 Å². The average molecular weight is 357 g/mol. The molecule has 2 aromatic rings. The van der Waals surface area contributed by atoms with Gasteiger partial charge in [0.15, 0.2) is 0 Å². The van der Waals surface area contributed by atoms with Crippen LogP contribution < -0.4 is 0 Å². The highest BCUT2D eigenvalue weighted by Crippen LogP contribution is 2.33. The fourth-order valence-electron chi connectivity index (χ4n) is 2.70. The molecule has 7 nitrogen and oxygen atoms in total. The molecule has 2 rings (SSSR count). The van der Waals surface area contributed by atoms with Crippen LogP contribution in [0.15, 0.2) is 23.5 Å². The monoisotopic (exact) mass is 357 g/mol. The lowest BCUT2D eigenvalue weighted by Gasteiger charge is -2.15. The van der Waals surface area contributed by atoms with E-state index in [2.05, 4.69) is 15.0 Å². The Morgan fingerprint density at radius 3 is 1.88 bits per heavy atom. The molecule has 0 radical (unpaired) electrons. The summed E-state index contributed by atoms with van der Waals surface area (Å²) in [5.74, 6) is -0.107. The highest BCUT2D eigenvalue weighted by Gasteiger charge is 2.18. The first-order valence-electron chi connectivity index (χ1n) is 8.14. The van der Waals surface area contributed by atoms with E-state index in [1.807, 2.05) is 0 Å². The van der Waals surface area contributed by atoms with Crippen LogP contribution in [0.3, 0.4) is 0 Å². The normalized spacial score (nSPS) is 12.5. The molecular formula is C19H23N3O4. The second-order valence-electron chi connectivity index (χ2n) is 5.87. The number of aromatic nitrogens is 2. The summed E-state index contributed by atoms with van der Waals surface area (Å²) in [6.45, 7) is 6.17. The van der Waals surface area contributed by atoms with Crippen molar-refractivity contribution in [1.82, 2.24) is 9.97 Å². The third kappa shape index (κ3) is 3.58. The first kappa shape index (κ1) is 19.6. The van der Waals surface area contributed by atoms with Gasteiger partial charge in [-0.3, -0.25) is 15.0 Å². The summed E-state index contributed by atoms with van der Waals surface area (Å²) in [6, 6.07) is 0. The zero-order chi connectivity index (χ0) is 19.4. The van der Waals surface area contributed by atoms with Gasteiger partial charge >= 0.3 is 0 Å². The number of hydrogen-bond acceptors (Lipinski definition) is 7. The van der Waals surface area contributed by atoms with Crippen molar-refractivity contribution >= 4 is 11.4 Å². The molecule has 0 aliphatic heterocycles. The molecule has 138 valence electrons. The van der Waals surface area contributed by atoms with Crippen molar-refractivity contribution < 1.29 is 20.4 Å². The van der Waals surface area contributed by atoms with Crippen LogP contribution in [0.2, 0.25) is 0 Å². The number of aliphatic hydroxyl groups excluding tert-OH is 2. The lowest BCUT2D eigenvalue weighted by molar-refractivity contribution is 0.280. The van der Waals surface area contributed by atoms with E-state index in [-0.39, 0.29) is 24.7 Å². The van der Waals surface area contributed by atoms with Crippen LogP contribution >= 0.6 is 0 Å². The number of rotatable bonds is 5. The summed E-state index contributed by atoms with van der Waals surface area (Å²) in [4.78, 5) is 12.6. The smallest absolute Gasteiger partial charge is 0.146 e. The van der Waals surface area contributed by atoms with E-state index in [1.54, 1.807) is 33.8 Å². The Labute approximate surface area is 152 Å². The third-order valence-corrected chi connectivity index (χ3v) is 4.15. The predicted molar refractivity (Wildman–Crippen MR) is 99.0 cm³/mol. The van der Waals surface area contributed by atoms with Crippen LogP contribution in [0.5, 0.6) is 11.5 Å². The van der Waals surface area contributed by atoms with Gasteiger partial charge in [-0.05, 0) is 27.7 Å². The first-order valence-corrected chi connectivity index (χ1v) is 8.14. The third-order valence-electron chi connectivity index (χ3n) is 4.15. The SMILES string of the molecule is C/C=C(\N=C(C)c1c(CO)cnc(C)c1O)c1c(CO)cnc(C)c1O. The van der Waals surface area contributed by atoms with Gasteiger partial charge < -0.3 is 20.4 Å². The highest BCUT2D eigenvalue weighted by molar-refractivity contribution is 6.05. The van der Waals surface area contributed by atoms with Crippen molar-refractivity contribution in [3.63, 3.8) is 0 Å². The number of aliphatic hydroxyl groups is 2. The molecule has 0 aliphatic rings. The van der Waals surface area contributed by atoms with Gasteiger partial charge in [0.25, 0.3) is 0 Å². The Balaban J connectivity index is 2.66. The van der Waals surface area contributed by atoms with Gasteiger partial charge in [-0.2, -0.15) is 0 Å². The van der Waals surface area contributed by atoms with Crippen LogP contribution in [0.25, 0.3) is 5.70 Å². The van der Waals surface area contributed by atoms with E-state index in [0.717, 1.165) is 0 Å². The van der Waals surface area contributed by atoms with Crippen molar-refractivity contribution in [1.29, 1.82) is 0 Å². The Kier molecular flexibility index (Phi) is 6.07. The molecule has 2 heterocycles. The zero-order valence-corrected chi connectivity index (χ0v) is 15.3. The number of hydrogen-bond donors (Lipinski definition) is 4. The molecule has 0 saturated carbocycles. The Morgan fingerprint density at radius 2 is 1.42 bits per heavy atom. The van der Waals surface area contributed by atoms with E-state index < -0.39 is 0 Å². The molecule has 7 heteroatoms. The molecule has 4 N–H and O–H groups in total. The van der Waals surface area contributed by atoms with Gasteiger partial charge in [-0.1, -0.05) is 6.08 Å². The first-order chi connectivity index (χ1) is 12.3. The second kappa shape index (κ2) is 8.07. The molecule has 0 spiro atoms. The number of allylic oxidation sites excluding steroid dienone is 1. The van der Waals surface area contributed by atoms with Crippen LogP contribution in [0.1, 0.15) is 47.5 Å². The number of aliphatic imine (C=N–C) groups is 1. The molecule has 2 aromatic heterocycles. The van der Waals surface area contributed by atoms with E-state index >= 15 is 0 Å². The summed E-state index contributed by atoms with van der Waals surface area (Å²) < 4.78 is 0. The highest BCUT2D eigenvalue weighted by atomic mass is 16.3. The van der Waals surface area contributed by atoms with Gasteiger partial charge in [0.05, 0.1) is 35.9 Å². The zero-order valence-electron chi connectivity index (χ0n) is 15.3. The van der Waals surface area contributed by atoms with Crippen molar-refractivity contribution in [2.24, 2.45) is 4.99 Å². The number of pyridine rings is 2. The minimum atomic E-state index is -0.302. The van der Waals surface area contributed by atoms with Crippen molar-refractivity contribution in [2.75, 3.05) is 0 Å². The van der Waals surface area contributed by atoms with Crippen LogP contribution in [0, 0.1) is 13.8 Å². The molecule has 0 atom stereocenters. The largest absolute Gasteiger partial charge is 0.505 e. The summed E-state index contributed by atoms with van der Waals surface area (Å²) in [5, 5.41) is 39.9. The van der Waals surface area contributed by atoms with E-state index in [0.29, 0.717) is 45.1 Å². The average Bonchev–Trinajstić information content (AvgIpc) is 2.64. The predicted octanol–water partition coefficient (Wildman–Crippen LogP) is 2.36. The van der Waals surface area contributed by atoms with Crippen molar-refractivity contribution in [3.8, 4) is 11.5 Å². The molecule has 0 fully saturated rings. The maximum absolute atomic E-state index is 10.4. The topological polar surface area (TPSA) is 119 Å². The lowest BCUT2D eigenvalue weighted by atomic mass is 10.0. The van der Waals surface area contributed by atoms with Gasteiger partial charge in [-0.15, -0.1) is 0 Å². The fraction of sp³-hybridized carbons (Fsp3) is 0.316. The summed E-state index contributed by atoms with van der Waals surface area (Å²) >= 11 is 0. The van der Waals surface area contributed by atoms with Gasteiger partial charge in [-0.25, -0.2) is 0 Å². The fourth-order valence-corrected chi connectivity index (χ4v) is 2.70. The molecule has 0 saturated heterocycles. The molecule has 0 bridgehead atoms. The lowest BCUT2D eigenvalue weighted by Crippen LogP contribution is -2.06. The summed E-state index contributed by atoms with van der Waals surface area (Å²) in [7, 11) is 0. The Bertz CT molecular complexity index is 889. The van der Waals surface area contributed by atoms with Crippen LogP contribution in [-0.4, -0.2) is 36.1 Å². The number of aryl methyl sites for hydroxylation is 2. The molecule has 0 amide bonds. The molecular weight excluding hydrogens is 334 g/mol. The summed E-state index contributed by atoms with van der Waals surface area (Å²) in [6.07, 6.45) is 4.68. The second-order valence-corrected chi connectivity index (χ2v) is 5.87. The quantitative estimate of drug-likeness (QED) is 0.610. The summed E-state index contributed by atoms with van der Waals surface area (Å²) in [5.41, 5.74) is 3.39. The van der Waals surface area contributed by atoms with Crippen LogP contribution in [0.4, 0.5) is 0 Å². The molecule has 0 aromatic carbocycles.